The van der Waals surface area contributed by atoms with Crippen LogP contribution in [0.15, 0.2) is 46.9 Å². The third kappa shape index (κ3) is 4.31. The standard InChI is InChI=1S/C19H16BrClN2O4/c1-27-19(26)11-5-6-15(21)16(7-11)22-18(25)12-8-17(24)23(10-12)14-4-2-3-13(20)9-14/h2-7,9,12H,8,10H2,1H3,(H,22,25). The Morgan fingerprint density at radius 3 is 2.74 bits per heavy atom. The number of nitrogens with one attached hydrogen (secondary N) is 1. The van der Waals surface area contributed by atoms with Crippen LogP contribution in [0, 0.1) is 5.92 Å². The summed E-state index contributed by atoms with van der Waals surface area (Å²) < 4.78 is 5.53. The van der Waals surface area contributed by atoms with E-state index in [-0.39, 0.29) is 30.3 Å². The van der Waals surface area contributed by atoms with Gasteiger partial charge in [0.2, 0.25) is 11.8 Å². The van der Waals surface area contributed by atoms with Gasteiger partial charge in [-0.15, -0.1) is 0 Å². The normalized spacial score (nSPS) is 16.3. The van der Waals surface area contributed by atoms with E-state index in [2.05, 4.69) is 26.0 Å². The second-order valence-electron chi connectivity index (χ2n) is 6.06. The van der Waals surface area contributed by atoms with Gasteiger partial charge in [0.05, 0.1) is 29.3 Å². The Morgan fingerprint density at radius 1 is 1.26 bits per heavy atom. The van der Waals surface area contributed by atoms with E-state index >= 15 is 0 Å². The second-order valence-corrected chi connectivity index (χ2v) is 7.38. The number of ether oxygens (including phenoxy) is 1. The molecular weight excluding hydrogens is 436 g/mol. The van der Waals surface area contributed by atoms with Crippen molar-refractivity contribution in [3.8, 4) is 0 Å². The van der Waals surface area contributed by atoms with Crippen molar-refractivity contribution in [3.63, 3.8) is 0 Å². The fourth-order valence-electron chi connectivity index (χ4n) is 2.88. The van der Waals surface area contributed by atoms with E-state index in [1.807, 2.05) is 24.3 Å². The molecule has 2 amide bonds. The van der Waals surface area contributed by atoms with E-state index in [1.54, 1.807) is 4.90 Å². The molecule has 1 N–H and O–H groups in total. The summed E-state index contributed by atoms with van der Waals surface area (Å²) in [5.41, 5.74) is 1.31. The maximum absolute atomic E-state index is 12.6. The topological polar surface area (TPSA) is 75.7 Å². The summed E-state index contributed by atoms with van der Waals surface area (Å²) >= 11 is 9.50. The van der Waals surface area contributed by atoms with Gasteiger partial charge in [0.1, 0.15) is 0 Å². The van der Waals surface area contributed by atoms with Gasteiger partial charge in [-0.3, -0.25) is 9.59 Å². The minimum atomic E-state index is -0.529. The van der Waals surface area contributed by atoms with Gasteiger partial charge in [0, 0.05) is 23.1 Å². The van der Waals surface area contributed by atoms with Crippen LogP contribution < -0.4 is 10.2 Å². The van der Waals surface area contributed by atoms with Crippen molar-refractivity contribution in [3.05, 3.63) is 57.5 Å². The summed E-state index contributed by atoms with van der Waals surface area (Å²) in [6.45, 7) is 0.273. The molecule has 0 radical (unpaired) electrons. The first kappa shape index (κ1) is 19.4. The molecule has 0 aliphatic carbocycles. The molecule has 8 heteroatoms. The van der Waals surface area contributed by atoms with Gasteiger partial charge in [-0.2, -0.15) is 0 Å². The summed E-state index contributed by atoms with van der Waals surface area (Å²) in [6.07, 6.45) is 0.104. The Hall–Kier alpha value is -2.38. The van der Waals surface area contributed by atoms with Gasteiger partial charge in [-0.25, -0.2) is 4.79 Å². The van der Waals surface area contributed by atoms with Crippen LogP contribution in [0.3, 0.4) is 0 Å². The maximum Gasteiger partial charge on any atom is 0.337 e. The number of amides is 2. The lowest BCUT2D eigenvalue weighted by Crippen LogP contribution is -2.28. The highest BCUT2D eigenvalue weighted by molar-refractivity contribution is 9.10. The molecule has 140 valence electrons. The number of rotatable bonds is 4. The van der Waals surface area contributed by atoms with Gasteiger partial charge in [-0.05, 0) is 36.4 Å². The number of benzene rings is 2. The molecule has 1 aliphatic heterocycles. The van der Waals surface area contributed by atoms with Crippen LogP contribution in [0.2, 0.25) is 5.02 Å². The lowest BCUT2D eigenvalue weighted by Gasteiger charge is -2.17. The van der Waals surface area contributed by atoms with Crippen LogP contribution in [-0.4, -0.2) is 31.4 Å². The van der Waals surface area contributed by atoms with E-state index in [0.717, 1.165) is 10.2 Å². The number of hydrogen-bond donors (Lipinski definition) is 1. The number of carbonyl (C=O) groups excluding carboxylic acids is 3. The maximum atomic E-state index is 12.6. The molecule has 2 aromatic rings. The Morgan fingerprint density at radius 2 is 2.04 bits per heavy atom. The Labute approximate surface area is 169 Å². The van der Waals surface area contributed by atoms with Crippen molar-refractivity contribution in [1.82, 2.24) is 0 Å². The molecule has 27 heavy (non-hydrogen) atoms. The zero-order chi connectivity index (χ0) is 19.6. The van der Waals surface area contributed by atoms with Crippen molar-refractivity contribution >= 4 is 56.7 Å². The molecule has 1 aliphatic rings. The molecule has 1 saturated heterocycles. The number of anilines is 2. The highest BCUT2D eigenvalue weighted by Crippen LogP contribution is 2.29. The quantitative estimate of drug-likeness (QED) is 0.716. The molecule has 6 nitrogen and oxygen atoms in total. The zero-order valence-electron chi connectivity index (χ0n) is 14.4. The van der Waals surface area contributed by atoms with Gasteiger partial charge in [0.25, 0.3) is 0 Å². The molecule has 0 spiro atoms. The minimum absolute atomic E-state index is 0.104. The first-order valence-corrected chi connectivity index (χ1v) is 9.31. The first-order chi connectivity index (χ1) is 12.9. The number of esters is 1. The Balaban J connectivity index is 1.74. The number of halogens is 2. The average molecular weight is 452 g/mol. The Bertz CT molecular complexity index is 918. The van der Waals surface area contributed by atoms with Crippen LogP contribution in [0.25, 0.3) is 0 Å². The molecule has 1 heterocycles. The number of methoxy groups -OCH3 is 1. The smallest absolute Gasteiger partial charge is 0.337 e. The second kappa shape index (κ2) is 8.10. The van der Waals surface area contributed by atoms with Gasteiger partial charge in [0.15, 0.2) is 0 Å². The molecule has 1 atom stereocenters. The van der Waals surface area contributed by atoms with Gasteiger partial charge < -0.3 is 15.0 Å². The molecule has 1 unspecified atom stereocenters. The number of nitrogens with zero attached hydrogens (tertiary/aromatic N) is 1. The largest absolute Gasteiger partial charge is 0.465 e. The third-order valence-corrected chi connectivity index (χ3v) is 5.08. The van der Waals surface area contributed by atoms with Crippen LogP contribution in [-0.2, 0) is 14.3 Å². The van der Waals surface area contributed by atoms with E-state index in [9.17, 15) is 14.4 Å². The lowest BCUT2D eigenvalue weighted by molar-refractivity contribution is -0.122. The van der Waals surface area contributed by atoms with Crippen LogP contribution in [0.5, 0.6) is 0 Å². The number of carbonyl (C=O) groups is 3. The number of hydrogen-bond acceptors (Lipinski definition) is 4. The monoisotopic (exact) mass is 450 g/mol. The predicted molar refractivity (Wildman–Crippen MR) is 106 cm³/mol. The lowest BCUT2D eigenvalue weighted by atomic mass is 10.1. The van der Waals surface area contributed by atoms with E-state index in [4.69, 9.17) is 11.6 Å². The van der Waals surface area contributed by atoms with Crippen molar-refractivity contribution in [2.24, 2.45) is 5.92 Å². The van der Waals surface area contributed by atoms with Crippen molar-refractivity contribution in [1.29, 1.82) is 0 Å². The van der Waals surface area contributed by atoms with Crippen molar-refractivity contribution in [2.75, 3.05) is 23.9 Å². The Kier molecular flexibility index (Phi) is 5.82. The molecular formula is C19H16BrClN2O4. The highest BCUT2D eigenvalue weighted by Gasteiger charge is 2.35. The van der Waals surface area contributed by atoms with Crippen molar-refractivity contribution in [2.45, 2.75) is 6.42 Å². The summed E-state index contributed by atoms with van der Waals surface area (Å²) in [6, 6.07) is 11.8. The SMILES string of the molecule is COC(=O)c1ccc(Cl)c(NC(=O)C2CC(=O)N(c3cccc(Br)c3)C2)c1. The van der Waals surface area contributed by atoms with Crippen molar-refractivity contribution < 1.29 is 19.1 Å². The minimum Gasteiger partial charge on any atom is -0.465 e. The molecule has 3 rings (SSSR count). The summed E-state index contributed by atoms with van der Waals surface area (Å²) in [7, 11) is 1.27. The van der Waals surface area contributed by atoms with E-state index < -0.39 is 11.9 Å². The summed E-state index contributed by atoms with van der Waals surface area (Å²) in [5, 5.41) is 3.00. The average Bonchev–Trinajstić information content (AvgIpc) is 3.04. The summed E-state index contributed by atoms with van der Waals surface area (Å²) in [5.74, 6) is -1.50. The molecule has 2 aromatic carbocycles. The van der Waals surface area contributed by atoms with Gasteiger partial charge >= 0.3 is 5.97 Å². The van der Waals surface area contributed by atoms with E-state index in [1.165, 1.54) is 25.3 Å². The molecule has 0 saturated carbocycles. The van der Waals surface area contributed by atoms with Gasteiger partial charge in [-0.1, -0.05) is 33.6 Å². The zero-order valence-corrected chi connectivity index (χ0v) is 16.7. The molecule has 0 bridgehead atoms. The fraction of sp³-hybridized carbons (Fsp3) is 0.211. The van der Waals surface area contributed by atoms with Crippen LogP contribution in [0.4, 0.5) is 11.4 Å². The van der Waals surface area contributed by atoms with Crippen LogP contribution >= 0.6 is 27.5 Å². The van der Waals surface area contributed by atoms with Crippen LogP contribution in [0.1, 0.15) is 16.8 Å². The third-order valence-electron chi connectivity index (χ3n) is 4.26. The fourth-order valence-corrected chi connectivity index (χ4v) is 3.43. The predicted octanol–water partition coefficient (Wildman–Crippen LogP) is 3.88. The molecule has 0 aromatic heterocycles. The first-order valence-electron chi connectivity index (χ1n) is 8.13. The highest BCUT2D eigenvalue weighted by atomic mass is 79.9. The van der Waals surface area contributed by atoms with E-state index in [0.29, 0.717) is 10.7 Å². The molecule has 1 fully saturated rings. The summed E-state index contributed by atoms with van der Waals surface area (Å²) in [4.78, 5) is 38.2.